The van der Waals surface area contributed by atoms with Gasteiger partial charge in [-0.25, -0.2) is 4.98 Å². The van der Waals surface area contributed by atoms with E-state index in [0.717, 1.165) is 74.1 Å². The Labute approximate surface area is 218 Å². The van der Waals surface area contributed by atoms with Crippen molar-refractivity contribution in [2.75, 3.05) is 39.4 Å². The minimum Gasteiger partial charge on any atom is -0.490 e. The normalized spacial score (nSPS) is 17.6. The first-order valence-electron chi connectivity index (χ1n) is 13.0. The third-order valence-electron chi connectivity index (χ3n) is 6.81. The first-order valence-corrected chi connectivity index (χ1v) is 13.8. The molecule has 0 bridgehead atoms. The molecule has 2 aliphatic rings. The first kappa shape index (κ1) is 25.0. The number of morpholine rings is 1. The SMILES string of the molecule is CC#Cc1cc(-c2ncc(-c3cccc4c3CCC4NCCN3CCOCC3)s2)ccc1OC(C)C. The molecular formula is C30H35N3O2S. The standard InChI is InChI=1S/C30H35N3O2S/c1-4-6-22-19-23(9-12-28(22)35-21(2)3)30-32-20-29(36-30)26-8-5-7-25-24(26)10-11-27(25)31-13-14-33-15-17-34-18-16-33/h5,7-9,12,19-21,27,31H,10-11,13-18H2,1-3H3. The van der Waals surface area contributed by atoms with Crippen molar-refractivity contribution in [1.29, 1.82) is 0 Å². The van der Waals surface area contributed by atoms with Gasteiger partial charge in [-0.3, -0.25) is 4.90 Å². The van der Waals surface area contributed by atoms with Crippen LogP contribution < -0.4 is 10.1 Å². The Morgan fingerprint density at radius 2 is 2.08 bits per heavy atom. The van der Waals surface area contributed by atoms with Crippen LogP contribution in [0.3, 0.4) is 0 Å². The molecular weight excluding hydrogens is 466 g/mol. The summed E-state index contributed by atoms with van der Waals surface area (Å²) in [5, 5.41) is 4.82. The number of aromatic nitrogens is 1. The minimum absolute atomic E-state index is 0.109. The molecule has 36 heavy (non-hydrogen) atoms. The molecule has 1 aromatic heterocycles. The molecule has 6 heteroatoms. The highest BCUT2D eigenvalue weighted by Gasteiger charge is 2.25. The topological polar surface area (TPSA) is 46.6 Å². The lowest BCUT2D eigenvalue weighted by Gasteiger charge is -2.27. The average Bonchev–Trinajstić information content (AvgIpc) is 3.54. The first-order chi connectivity index (χ1) is 17.6. The Morgan fingerprint density at radius 1 is 1.22 bits per heavy atom. The van der Waals surface area contributed by atoms with Crippen molar-refractivity contribution >= 4 is 11.3 Å². The minimum atomic E-state index is 0.109. The fourth-order valence-electron chi connectivity index (χ4n) is 5.10. The van der Waals surface area contributed by atoms with E-state index in [4.69, 9.17) is 14.5 Å². The summed E-state index contributed by atoms with van der Waals surface area (Å²) in [6.45, 7) is 11.8. The zero-order valence-electron chi connectivity index (χ0n) is 21.5. The molecule has 1 saturated heterocycles. The molecule has 1 unspecified atom stereocenters. The van der Waals surface area contributed by atoms with Crippen LogP contribution in [0.2, 0.25) is 0 Å². The fourth-order valence-corrected chi connectivity index (χ4v) is 6.07. The predicted octanol–water partition coefficient (Wildman–Crippen LogP) is 5.54. The van der Waals surface area contributed by atoms with Gasteiger partial charge in [0.25, 0.3) is 0 Å². The van der Waals surface area contributed by atoms with Crippen molar-refractivity contribution in [2.45, 2.75) is 45.8 Å². The Balaban J connectivity index is 1.32. The summed E-state index contributed by atoms with van der Waals surface area (Å²) in [6.07, 6.45) is 4.39. The van der Waals surface area contributed by atoms with Crippen molar-refractivity contribution in [1.82, 2.24) is 15.2 Å². The summed E-state index contributed by atoms with van der Waals surface area (Å²) < 4.78 is 11.4. The molecule has 5 nitrogen and oxygen atoms in total. The third kappa shape index (κ3) is 5.66. The van der Waals surface area contributed by atoms with Crippen LogP contribution in [0, 0.1) is 11.8 Å². The molecule has 2 aromatic carbocycles. The van der Waals surface area contributed by atoms with Gasteiger partial charge in [-0.1, -0.05) is 24.1 Å². The van der Waals surface area contributed by atoms with E-state index in [1.807, 2.05) is 33.0 Å². The number of hydrogen-bond donors (Lipinski definition) is 1. The quantitative estimate of drug-likeness (QED) is 0.411. The molecule has 0 spiro atoms. The summed E-state index contributed by atoms with van der Waals surface area (Å²) in [4.78, 5) is 8.51. The zero-order chi connectivity index (χ0) is 24.9. The van der Waals surface area contributed by atoms with Gasteiger partial charge in [0.2, 0.25) is 0 Å². The van der Waals surface area contributed by atoms with Gasteiger partial charge in [-0.2, -0.15) is 0 Å². The van der Waals surface area contributed by atoms with Gasteiger partial charge < -0.3 is 14.8 Å². The van der Waals surface area contributed by atoms with Gasteiger partial charge in [-0.05, 0) is 68.5 Å². The second kappa shape index (κ2) is 11.6. The molecule has 1 N–H and O–H groups in total. The number of ether oxygens (including phenoxy) is 2. The van der Waals surface area contributed by atoms with Crippen molar-refractivity contribution in [2.24, 2.45) is 0 Å². The molecule has 2 heterocycles. The summed E-state index contributed by atoms with van der Waals surface area (Å²) in [5.41, 5.74) is 6.22. The largest absolute Gasteiger partial charge is 0.490 e. The number of hydrogen-bond acceptors (Lipinski definition) is 6. The van der Waals surface area contributed by atoms with Crippen LogP contribution in [0.25, 0.3) is 21.0 Å². The Morgan fingerprint density at radius 3 is 2.89 bits per heavy atom. The van der Waals surface area contributed by atoms with Gasteiger partial charge in [0.05, 0.1) is 29.8 Å². The van der Waals surface area contributed by atoms with Crippen LogP contribution in [0.1, 0.15) is 49.9 Å². The lowest BCUT2D eigenvalue weighted by molar-refractivity contribution is 0.0381. The molecule has 1 fully saturated rings. The van der Waals surface area contributed by atoms with E-state index >= 15 is 0 Å². The van der Waals surface area contributed by atoms with Crippen LogP contribution in [0.5, 0.6) is 5.75 Å². The lowest BCUT2D eigenvalue weighted by atomic mass is 10.0. The lowest BCUT2D eigenvalue weighted by Crippen LogP contribution is -2.40. The summed E-state index contributed by atoms with van der Waals surface area (Å²) in [5.74, 6) is 7.03. The number of nitrogens with zero attached hydrogens (tertiary/aromatic N) is 2. The maximum atomic E-state index is 5.95. The second-order valence-electron chi connectivity index (χ2n) is 9.65. The highest BCUT2D eigenvalue weighted by atomic mass is 32.1. The van der Waals surface area contributed by atoms with Crippen molar-refractivity contribution in [3.05, 3.63) is 59.3 Å². The maximum absolute atomic E-state index is 5.95. The second-order valence-corrected chi connectivity index (χ2v) is 10.7. The van der Waals surface area contributed by atoms with Crippen molar-refractivity contribution < 1.29 is 9.47 Å². The van der Waals surface area contributed by atoms with Gasteiger partial charge >= 0.3 is 0 Å². The average molecular weight is 502 g/mol. The van der Waals surface area contributed by atoms with Crippen LogP contribution in [-0.4, -0.2) is 55.4 Å². The van der Waals surface area contributed by atoms with Gasteiger partial charge in [0, 0.05) is 44.0 Å². The number of nitrogens with one attached hydrogen (secondary N) is 1. The van der Waals surface area contributed by atoms with Crippen LogP contribution in [-0.2, 0) is 11.2 Å². The number of fused-ring (bicyclic) bond motifs is 1. The van der Waals surface area contributed by atoms with Gasteiger partial charge in [-0.15, -0.1) is 17.3 Å². The van der Waals surface area contributed by atoms with Crippen LogP contribution >= 0.6 is 11.3 Å². The summed E-state index contributed by atoms with van der Waals surface area (Å²) in [6, 6.07) is 13.4. The van der Waals surface area contributed by atoms with Crippen LogP contribution in [0.4, 0.5) is 0 Å². The zero-order valence-corrected chi connectivity index (χ0v) is 22.3. The van der Waals surface area contributed by atoms with E-state index in [1.165, 1.54) is 21.6 Å². The highest BCUT2D eigenvalue weighted by Crippen LogP contribution is 2.41. The third-order valence-corrected chi connectivity index (χ3v) is 7.89. The van der Waals surface area contributed by atoms with Crippen molar-refractivity contribution in [3.8, 4) is 38.6 Å². The molecule has 188 valence electrons. The molecule has 0 radical (unpaired) electrons. The highest BCUT2D eigenvalue weighted by molar-refractivity contribution is 7.18. The van der Waals surface area contributed by atoms with E-state index in [2.05, 4.69) is 52.4 Å². The van der Waals surface area contributed by atoms with E-state index in [1.54, 1.807) is 11.3 Å². The molecule has 1 atom stereocenters. The van der Waals surface area contributed by atoms with E-state index in [9.17, 15) is 0 Å². The van der Waals surface area contributed by atoms with Gasteiger partial charge in [0.15, 0.2) is 0 Å². The molecule has 0 saturated carbocycles. The Kier molecular flexibility index (Phi) is 8.03. The van der Waals surface area contributed by atoms with E-state index in [0.29, 0.717) is 6.04 Å². The number of thiazole rings is 1. The number of rotatable bonds is 8. The maximum Gasteiger partial charge on any atom is 0.135 e. The van der Waals surface area contributed by atoms with Gasteiger partial charge in [0.1, 0.15) is 10.8 Å². The molecule has 0 amide bonds. The summed E-state index contributed by atoms with van der Waals surface area (Å²) in [7, 11) is 0. The Hall–Kier alpha value is -2.69. The molecule has 1 aliphatic heterocycles. The van der Waals surface area contributed by atoms with Crippen LogP contribution in [0.15, 0.2) is 42.6 Å². The molecule has 3 aromatic rings. The van der Waals surface area contributed by atoms with E-state index in [-0.39, 0.29) is 6.10 Å². The predicted molar refractivity (Wildman–Crippen MR) is 148 cm³/mol. The smallest absolute Gasteiger partial charge is 0.135 e. The fraction of sp³-hybridized carbons (Fsp3) is 0.433. The molecule has 5 rings (SSSR count). The summed E-state index contributed by atoms with van der Waals surface area (Å²) >= 11 is 1.75. The van der Waals surface area contributed by atoms with E-state index < -0.39 is 0 Å². The number of benzene rings is 2. The monoisotopic (exact) mass is 501 g/mol. The molecule has 1 aliphatic carbocycles. The Bertz CT molecular complexity index is 1250. The van der Waals surface area contributed by atoms with Crippen molar-refractivity contribution in [3.63, 3.8) is 0 Å².